The van der Waals surface area contributed by atoms with E-state index in [1.54, 1.807) is 42.5 Å². The molecule has 2 aromatic carbocycles. The maximum atomic E-state index is 12.3. The summed E-state index contributed by atoms with van der Waals surface area (Å²) in [5.74, 6) is -0.0809. The molecule has 1 amide bonds. The highest BCUT2D eigenvalue weighted by atomic mass is 79.9. The number of ether oxygens (including phenoxy) is 1. The Morgan fingerprint density at radius 3 is 2.54 bits per heavy atom. The van der Waals surface area contributed by atoms with E-state index in [2.05, 4.69) is 21.2 Å². The number of anilines is 2. The number of benzene rings is 2. The molecular formula is C16H17BrN2O4S. The molecule has 0 aromatic heterocycles. The third kappa shape index (κ3) is 4.72. The SMILES string of the molecule is COc1ccccc1N(CC(=O)Nc1cccc(Br)c1)S(C)(=O)=O. The molecule has 0 radical (unpaired) electrons. The van der Waals surface area contributed by atoms with Crippen molar-refractivity contribution < 1.29 is 17.9 Å². The van der Waals surface area contributed by atoms with Crippen LogP contribution >= 0.6 is 15.9 Å². The lowest BCUT2D eigenvalue weighted by Crippen LogP contribution is -2.37. The van der Waals surface area contributed by atoms with Crippen molar-refractivity contribution in [2.45, 2.75) is 0 Å². The third-order valence-electron chi connectivity index (χ3n) is 3.15. The van der Waals surface area contributed by atoms with Gasteiger partial charge >= 0.3 is 0 Å². The predicted octanol–water partition coefficient (Wildman–Crippen LogP) is 2.86. The molecular weight excluding hydrogens is 396 g/mol. The molecule has 0 fully saturated rings. The van der Waals surface area contributed by atoms with E-state index in [-0.39, 0.29) is 6.54 Å². The van der Waals surface area contributed by atoms with Crippen LogP contribution in [0.3, 0.4) is 0 Å². The van der Waals surface area contributed by atoms with Crippen molar-refractivity contribution >= 4 is 43.2 Å². The molecule has 0 unspecified atom stereocenters. The minimum atomic E-state index is -3.66. The van der Waals surface area contributed by atoms with E-state index >= 15 is 0 Å². The monoisotopic (exact) mass is 412 g/mol. The summed E-state index contributed by atoms with van der Waals surface area (Å²) in [4.78, 5) is 12.3. The average molecular weight is 413 g/mol. The zero-order chi connectivity index (χ0) is 17.7. The maximum absolute atomic E-state index is 12.3. The molecule has 0 heterocycles. The van der Waals surface area contributed by atoms with Gasteiger partial charge in [-0.05, 0) is 30.3 Å². The minimum Gasteiger partial charge on any atom is -0.495 e. The van der Waals surface area contributed by atoms with Crippen molar-refractivity contribution in [1.82, 2.24) is 0 Å². The molecule has 1 N–H and O–H groups in total. The van der Waals surface area contributed by atoms with Crippen molar-refractivity contribution in [2.75, 3.05) is 29.5 Å². The number of para-hydroxylation sites is 2. The zero-order valence-corrected chi connectivity index (χ0v) is 15.6. The van der Waals surface area contributed by atoms with Crippen molar-refractivity contribution in [1.29, 1.82) is 0 Å². The van der Waals surface area contributed by atoms with Crippen LogP contribution in [0.1, 0.15) is 0 Å². The first-order valence-corrected chi connectivity index (χ1v) is 9.61. The minimum absolute atomic E-state index is 0.312. The van der Waals surface area contributed by atoms with Crippen LogP contribution in [0.5, 0.6) is 5.75 Å². The number of carbonyl (C=O) groups is 1. The topological polar surface area (TPSA) is 75.7 Å². The number of halogens is 1. The summed E-state index contributed by atoms with van der Waals surface area (Å²) >= 11 is 3.32. The Bertz CT molecular complexity index is 839. The molecule has 6 nitrogen and oxygen atoms in total. The number of hydrogen-bond acceptors (Lipinski definition) is 4. The van der Waals surface area contributed by atoms with Gasteiger partial charge in [0.15, 0.2) is 0 Å². The quantitative estimate of drug-likeness (QED) is 0.791. The number of nitrogens with zero attached hydrogens (tertiary/aromatic N) is 1. The Labute approximate surface area is 149 Å². The molecule has 128 valence electrons. The molecule has 0 saturated heterocycles. The van der Waals surface area contributed by atoms with Gasteiger partial charge in [-0.3, -0.25) is 9.10 Å². The molecule has 0 aliphatic heterocycles. The Balaban J connectivity index is 2.25. The average Bonchev–Trinajstić information content (AvgIpc) is 2.51. The van der Waals surface area contributed by atoms with Gasteiger partial charge < -0.3 is 10.1 Å². The fraction of sp³-hybridized carbons (Fsp3) is 0.188. The fourth-order valence-corrected chi connectivity index (χ4v) is 3.37. The van der Waals surface area contributed by atoms with Crippen LogP contribution in [0.25, 0.3) is 0 Å². The Morgan fingerprint density at radius 2 is 1.92 bits per heavy atom. The van der Waals surface area contributed by atoms with Crippen molar-refractivity contribution in [3.63, 3.8) is 0 Å². The van der Waals surface area contributed by atoms with Crippen LogP contribution in [-0.2, 0) is 14.8 Å². The first-order valence-electron chi connectivity index (χ1n) is 6.97. The second-order valence-corrected chi connectivity index (χ2v) is 7.82. The van der Waals surface area contributed by atoms with Crippen molar-refractivity contribution in [2.24, 2.45) is 0 Å². The number of sulfonamides is 1. The van der Waals surface area contributed by atoms with Gasteiger partial charge in [0.25, 0.3) is 0 Å². The van der Waals surface area contributed by atoms with E-state index in [1.165, 1.54) is 7.11 Å². The van der Waals surface area contributed by atoms with Crippen LogP contribution in [-0.4, -0.2) is 34.2 Å². The van der Waals surface area contributed by atoms with Gasteiger partial charge in [0, 0.05) is 10.2 Å². The predicted molar refractivity (Wildman–Crippen MR) is 98.0 cm³/mol. The number of hydrogen-bond donors (Lipinski definition) is 1. The first kappa shape index (κ1) is 18.3. The summed E-state index contributed by atoms with van der Waals surface area (Å²) < 4.78 is 31.3. The molecule has 0 saturated carbocycles. The van der Waals surface area contributed by atoms with Gasteiger partial charge in [-0.25, -0.2) is 8.42 Å². The highest BCUT2D eigenvalue weighted by molar-refractivity contribution is 9.10. The molecule has 0 bridgehead atoms. The van der Waals surface area contributed by atoms with E-state index in [0.717, 1.165) is 15.0 Å². The second kappa shape index (κ2) is 7.67. The van der Waals surface area contributed by atoms with Gasteiger partial charge in [-0.2, -0.15) is 0 Å². The van der Waals surface area contributed by atoms with E-state index in [4.69, 9.17) is 4.74 Å². The summed E-state index contributed by atoms with van der Waals surface area (Å²) in [7, 11) is -2.22. The summed E-state index contributed by atoms with van der Waals surface area (Å²) in [6, 6.07) is 13.7. The lowest BCUT2D eigenvalue weighted by atomic mass is 10.3. The molecule has 0 aliphatic carbocycles. The van der Waals surface area contributed by atoms with E-state index < -0.39 is 15.9 Å². The fourth-order valence-electron chi connectivity index (χ4n) is 2.11. The van der Waals surface area contributed by atoms with Crippen LogP contribution in [0.15, 0.2) is 53.0 Å². The van der Waals surface area contributed by atoms with Crippen LogP contribution in [0.2, 0.25) is 0 Å². The first-order chi connectivity index (χ1) is 11.3. The number of carbonyl (C=O) groups excluding carboxylic acids is 1. The summed E-state index contributed by atoms with van der Waals surface area (Å²) in [5.41, 5.74) is 0.884. The van der Waals surface area contributed by atoms with E-state index in [9.17, 15) is 13.2 Å². The number of rotatable bonds is 6. The molecule has 0 spiro atoms. The van der Waals surface area contributed by atoms with Crippen LogP contribution in [0, 0.1) is 0 Å². The highest BCUT2D eigenvalue weighted by Crippen LogP contribution is 2.29. The van der Waals surface area contributed by atoms with Gasteiger partial charge in [0.2, 0.25) is 15.9 Å². The summed E-state index contributed by atoms with van der Waals surface area (Å²) in [6.07, 6.45) is 1.05. The highest BCUT2D eigenvalue weighted by Gasteiger charge is 2.23. The molecule has 8 heteroatoms. The maximum Gasteiger partial charge on any atom is 0.245 e. The van der Waals surface area contributed by atoms with Crippen molar-refractivity contribution in [3.05, 3.63) is 53.0 Å². The third-order valence-corrected chi connectivity index (χ3v) is 4.77. The standard InChI is InChI=1S/C16H17BrN2O4S/c1-23-15-9-4-3-8-14(15)19(24(2,21)22)11-16(20)18-13-7-5-6-12(17)10-13/h3-10H,11H2,1-2H3,(H,18,20). The van der Waals surface area contributed by atoms with Gasteiger partial charge in [0.1, 0.15) is 12.3 Å². The van der Waals surface area contributed by atoms with Gasteiger partial charge in [-0.1, -0.05) is 34.1 Å². The normalized spacial score (nSPS) is 11.0. The Hall–Kier alpha value is -2.06. The second-order valence-electron chi connectivity index (χ2n) is 5.00. The largest absolute Gasteiger partial charge is 0.495 e. The summed E-state index contributed by atoms with van der Waals surface area (Å²) in [5, 5.41) is 2.68. The lowest BCUT2D eigenvalue weighted by molar-refractivity contribution is -0.114. The smallest absolute Gasteiger partial charge is 0.245 e. The Morgan fingerprint density at radius 1 is 1.21 bits per heavy atom. The number of methoxy groups -OCH3 is 1. The van der Waals surface area contributed by atoms with E-state index in [0.29, 0.717) is 17.1 Å². The molecule has 0 atom stereocenters. The van der Waals surface area contributed by atoms with Gasteiger partial charge in [0.05, 0.1) is 19.1 Å². The molecule has 2 aromatic rings. The van der Waals surface area contributed by atoms with Gasteiger partial charge in [-0.15, -0.1) is 0 Å². The van der Waals surface area contributed by atoms with Crippen LogP contribution < -0.4 is 14.4 Å². The number of nitrogens with one attached hydrogen (secondary N) is 1. The van der Waals surface area contributed by atoms with Crippen molar-refractivity contribution in [3.8, 4) is 5.75 Å². The number of amides is 1. The summed E-state index contributed by atoms with van der Waals surface area (Å²) in [6.45, 7) is -0.355. The lowest BCUT2D eigenvalue weighted by Gasteiger charge is -2.23. The molecule has 2 rings (SSSR count). The zero-order valence-electron chi connectivity index (χ0n) is 13.2. The van der Waals surface area contributed by atoms with E-state index in [1.807, 2.05) is 6.07 Å². The van der Waals surface area contributed by atoms with Crippen LogP contribution in [0.4, 0.5) is 11.4 Å². The molecule has 24 heavy (non-hydrogen) atoms. The molecule has 0 aliphatic rings. The Kier molecular flexibility index (Phi) is 5.84.